The highest BCUT2D eigenvalue weighted by atomic mass is 16.3. The quantitative estimate of drug-likeness (QED) is 0.412. The van der Waals surface area contributed by atoms with Gasteiger partial charge in [-0.05, 0) is 36.4 Å². The maximum Gasteiger partial charge on any atom is 0.348 e. The van der Waals surface area contributed by atoms with Crippen molar-refractivity contribution in [2.24, 2.45) is 4.99 Å². The molecule has 0 saturated heterocycles. The Hall–Kier alpha value is -4.12. The lowest BCUT2D eigenvalue weighted by molar-refractivity contribution is 0.258. The summed E-state index contributed by atoms with van der Waals surface area (Å²) in [5.74, 6) is 0. The van der Waals surface area contributed by atoms with Gasteiger partial charge in [0.1, 0.15) is 5.58 Å². The average Bonchev–Trinajstić information content (AvgIpc) is 3.18. The molecule has 2 aromatic heterocycles. The van der Waals surface area contributed by atoms with Crippen LogP contribution in [0.3, 0.4) is 0 Å². The van der Waals surface area contributed by atoms with Crippen molar-refractivity contribution in [1.82, 2.24) is 4.98 Å². The molecule has 0 atom stereocenters. The van der Waals surface area contributed by atoms with Crippen LogP contribution in [-0.2, 0) is 0 Å². The number of carbonyl (C=O) groups excluding carboxylic acids is 1. The van der Waals surface area contributed by atoms with Crippen molar-refractivity contribution >= 4 is 33.6 Å². The topological polar surface area (TPSA) is 70.4 Å². The first-order valence-electron chi connectivity index (χ1n) is 9.28. The van der Waals surface area contributed by atoms with Crippen LogP contribution < -0.4 is 10.9 Å². The van der Waals surface area contributed by atoms with Crippen molar-refractivity contribution in [2.75, 3.05) is 5.32 Å². The van der Waals surface area contributed by atoms with E-state index >= 15 is 0 Å². The van der Waals surface area contributed by atoms with Crippen LogP contribution in [0.15, 0.2) is 100 Å². The third kappa shape index (κ3) is 3.41. The normalized spacial score (nSPS) is 11.8. The number of hydrogen-bond donors (Lipinski definition) is 2. The van der Waals surface area contributed by atoms with Gasteiger partial charge < -0.3 is 14.7 Å². The van der Waals surface area contributed by atoms with Gasteiger partial charge in [0.2, 0.25) is 5.55 Å². The van der Waals surface area contributed by atoms with Crippen molar-refractivity contribution in [3.05, 3.63) is 96.5 Å². The van der Waals surface area contributed by atoms with Gasteiger partial charge in [0.25, 0.3) is 0 Å². The van der Waals surface area contributed by atoms with Crippen molar-refractivity contribution in [3.63, 3.8) is 0 Å². The van der Waals surface area contributed by atoms with Crippen molar-refractivity contribution < 1.29 is 9.21 Å². The lowest BCUT2D eigenvalue weighted by Gasteiger charge is -2.04. The second kappa shape index (κ2) is 7.13. The van der Waals surface area contributed by atoms with Crippen LogP contribution in [0.5, 0.6) is 0 Å². The fourth-order valence-corrected chi connectivity index (χ4v) is 3.33. The standard InChI is InChI=1S/C24H17N3O2/c28-24(25-18-10-2-1-3-11-18)27-23-19(14-17-9-5-7-13-22(17)29-23)21-15-16-8-4-6-12-20(16)26-21/h1-15,26H,(H,25,28)/b27-23-. The van der Waals surface area contributed by atoms with Crippen LogP contribution >= 0.6 is 0 Å². The minimum atomic E-state index is -0.493. The van der Waals surface area contributed by atoms with E-state index in [0.29, 0.717) is 11.3 Å². The summed E-state index contributed by atoms with van der Waals surface area (Å²) in [6.07, 6.45) is 0. The molecule has 140 valence electrons. The maximum absolute atomic E-state index is 12.5. The molecule has 0 saturated carbocycles. The number of para-hydroxylation sites is 3. The third-order valence-electron chi connectivity index (χ3n) is 4.70. The van der Waals surface area contributed by atoms with Crippen LogP contribution in [0.4, 0.5) is 10.5 Å². The Balaban J connectivity index is 1.66. The molecular weight excluding hydrogens is 362 g/mol. The number of benzene rings is 3. The van der Waals surface area contributed by atoms with E-state index < -0.39 is 6.03 Å². The zero-order valence-electron chi connectivity index (χ0n) is 15.4. The molecule has 0 aliphatic rings. The molecule has 0 spiro atoms. The summed E-state index contributed by atoms with van der Waals surface area (Å²) in [5.41, 5.74) is 4.17. The van der Waals surface area contributed by atoms with E-state index in [9.17, 15) is 4.79 Å². The molecule has 2 heterocycles. The minimum absolute atomic E-state index is 0.253. The van der Waals surface area contributed by atoms with Gasteiger partial charge in [-0.15, -0.1) is 0 Å². The van der Waals surface area contributed by atoms with E-state index in [1.807, 2.05) is 91.0 Å². The number of urea groups is 1. The molecule has 2 amide bonds. The number of carbonyl (C=O) groups is 1. The number of amides is 2. The van der Waals surface area contributed by atoms with Crippen molar-refractivity contribution in [2.45, 2.75) is 0 Å². The highest BCUT2D eigenvalue weighted by Crippen LogP contribution is 2.24. The minimum Gasteiger partial charge on any atom is -0.438 e. The summed E-state index contributed by atoms with van der Waals surface area (Å²) >= 11 is 0. The summed E-state index contributed by atoms with van der Waals surface area (Å²) < 4.78 is 6.00. The highest BCUT2D eigenvalue weighted by molar-refractivity contribution is 5.91. The number of nitrogens with one attached hydrogen (secondary N) is 2. The molecule has 0 aliphatic carbocycles. The molecule has 0 unspecified atom stereocenters. The van der Waals surface area contributed by atoms with Gasteiger partial charge >= 0.3 is 6.03 Å². The van der Waals surface area contributed by atoms with E-state index in [-0.39, 0.29) is 5.55 Å². The second-order valence-electron chi connectivity index (χ2n) is 6.68. The Labute approximate surface area is 166 Å². The summed E-state index contributed by atoms with van der Waals surface area (Å²) in [6.45, 7) is 0. The third-order valence-corrected chi connectivity index (χ3v) is 4.70. The summed E-state index contributed by atoms with van der Waals surface area (Å²) in [5, 5.41) is 4.78. The van der Waals surface area contributed by atoms with E-state index in [0.717, 1.165) is 27.5 Å². The van der Waals surface area contributed by atoms with Crippen LogP contribution in [0, 0.1) is 0 Å². The maximum atomic E-state index is 12.5. The lowest BCUT2D eigenvalue weighted by atomic mass is 10.1. The van der Waals surface area contributed by atoms with E-state index in [2.05, 4.69) is 15.3 Å². The molecule has 2 N–H and O–H groups in total. The van der Waals surface area contributed by atoms with Gasteiger partial charge in [0.05, 0.1) is 11.3 Å². The summed E-state index contributed by atoms with van der Waals surface area (Å²) in [6, 6.07) is 28.4. The number of anilines is 1. The molecule has 0 aliphatic heterocycles. The zero-order valence-corrected chi connectivity index (χ0v) is 15.4. The molecule has 29 heavy (non-hydrogen) atoms. The fourth-order valence-electron chi connectivity index (χ4n) is 3.33. The SMILES string of the molecule is O=C(/N=c1\oc2ccccc2cc1-c1cc2ccccc2[nH]1)Nc1ccccc1. The largest absolute Gasteiger partial charge is 0.438 e. The molecule has 3 aromatic carbocycles. The number of aromatic nitrogens is 1. The van der Waals surface area contributed by atoms with Crippen LogP contribution in [-0.4, -0.2) is 11.0 Å². The second-order valence-corrected chi connectivity index (χ2v) is 6.68. The predicted octanol–water partition coefficient (Wildman–Crippen LogP) is 5.71. The molecule has 5 nitrogen and oxygen atoms in total. The monoisotopic (exact) mass is 379 g/mol. The number of rotatable bonds is 2. The molecule has 0 radical (unpaired) electrons. The molecule has 5 heteroatoms. The molecule has 0 fully saturated rings. The van der Waals surface area contributed by atoms with Gasteiger partial charge in [0.15, 0.2) is 0 Å². The summed E-state index contributed by atoms with van der Waals surface area (Å²) in [4.78, 5) is 20.1. The van der Waals surface area contributed by atoms with Crippen LogP contribution in [0.25, 0.3) is 33.1 Å². The van der Waals surface area contributed by atoms with E-state index in [4.69, 9.17) is 4.42 Å². The first kappa shape index (κ1) is 17.0. The van der Waals surface area contributed by atoms with Crippen molar-refractivity contribution in [1.29, 1.82) is 0 Å². The predicted molar refractivity (Wildman–Crippen MR) is 115 cm³/mol. The van der Waals surface area contributed by atoms with Gasteiger partial charge in [0, 0.05) is 22.0 Å². The Kier molecular flexibility index (Phi) is 4.18. The number of nitrogens with zero attached hydrogens (tertiary/aromatic N) is 1. The van der Waals surface area contributed by atoms with Crippen LogP contribution in [0.2, 0.25) is 0 Å². The average molecular weight is 379 g/mol. The Morgan fingerprint density at radius 2 is 1.55 bits per heavy atom. The first-order chi connectivity index (χ1) is 14.3. The Morgan fingerprint density at radius 1 is 0.828 bits per heavy atom. The molecule has 0 bridgehead atoms. The van der Waals surface area contributed by atoms with Gasteiger partial charge in [-0.2, -0.15) is 4.99 Å². The van der Waals surface area contributed by atoms with Gasteiger partial charge in [-0.25, -0.2) is 4.79 Å². The van der Waals surface area contributed by atoms with Crippen molar-refractivity contribution in [3.8, 4) is 11.3 Å². The van der Waals surface area contributed by atoms with Gasteiger partial charge in [-0.3, -0.25) is 0 Å². The van der Waals surface area contributed by atoms with Crippen LogP contribution in [0.1, 0.15) is 0 Å². The zero-order chi connectivity index (χ0) is 19.6. The lowest BCUT2D eigenvalue weighted by Crippen LogP contribution is -2.14. The Bertz CT molecular complexity index is 1370. The van der Waals surface area contributed by atoms with E-state index in [1.54, 1.807) is 0 Å². The highest BCUT2D eigenvalue weighted by Gasteiger charge is 2.11. The van der Waals surface area contributed by atoms with Gasteiger partial charge in [-0.1, -0.05) is 54.6 Å². The number of fused-ring (bicyclic) bond motifs is 2. The molecule has 5 aromatic rings. The molecule has 5 rings (SSSR count). The summed E-state index contributed by atoms with van der Waals surface area (Å²) in [7, 11) is 0. The molecular formula is C24H17N3O2. The number of hydrogen-bond acceptors (Lipinski definition) is 2. The Morgan fingerprint density at radius 3 is 2.38 bits per heavy atom. The first-order valence-corrected chi connectivity index (χ1v) is 9.28. The fraction of sp³-hybridized carbons (Fsp3) is 0. The number of aromatic amines is 1. The number of H-pyrrole nitrogens is 1. The van der Waals surface area contributed by atoms with E-state index in [1.165, 1.54) is 0 Å². The smallest absolute Gasteiger partial charge is 0.348 e.